The molecular weight excluding hydrogens is 588 g/mol. The van der Waals surface area contributed by atoms with E-state index in [9.17, 15) is 37.5 Å². The van der Waals surface area contributed by atoms with Gasteiger partial charge in [-0.3, -0.25) is 9.59 Å². The molecule has 2 heterocycles. The Balaban J connectivity index is 1.34. The largest absolute Gasteiger partial charge is 0.480 e. The van der Waals surface area contributed by atoms with Gasteiger partial charge in [0.25, 0.3) is 11.5 Å². The van der Waals surface area contributed by atoms with Crippen LogP contribution in [0.25, 0.3) is 5.69 Å². The number of halogens is 4. The fraction of sp³-hybridized carbons (Fsp3) is 0.400. The maximum atomic E-state index is 15.2. The average Bonchev–Trinajstić information content (AvgIpc) is 3.46. The molecule has 0 spiro atoms. The molecule has 3 atom stereocenters. The van der Waals surface area contributed by atoms with Crippen LogP contribution in [-0.2, 0) is 35.8 Å². The molecule has 3 aromatic rings. The summed E-state index contributed by atoms with van der Waals surface area (Å²) >= 11 is 0. The van der Waals surface area contributed by atoms with E-state index in [2.05, 4.69) is 10.6 Å². The first-order chi connectivity index (χ1) is 20.8. The molecule has 2 unspecified atom stereocenters. The van der Waals surface area contributed by atoms with Crippen LogP contribution < -0.4 is 21.9 Å². The standard InChI is InChI=1S/C30H30F4N4O6/c1-15-12-17(24-25(30(32,33)34)35-10-11-44-24)14-20(31)23(15)26(39)36-21(28(41)42)13-16-6-8-18(9-7-16)38-27(40)19-4-3-5-22(19)37(2)29(38)43/h6-9,12,14,21,24-25,35H,3-5,10-11,13H2,1-2H3,(H,36,39)(H,41,42)/t21?,24-,25?/m1/s1. The van der Waals surface area contributed by atoms with Gasteiger partial charge in [0.2, 0.25) is 0 Å². The van der Waals surface area contributed by atoms with Crippen molar-refractivity contribution in [3.8, 4) is 5.69 Å². The quantitative estimate of drug-likeness (QED) is 0.347. The Morgan fingerprint density at radius 1 is 1.16 bits per heavy atom. The number of carboxylic acid groups (broad SMARTS) is 1. The zero-order valence-corrected chi connectivity index (χ0v) is 23.8. The predicted molar refractivity (Wildman–Crippen MR) is 150 cm³/mol. The van der Waals surface area contributed by atoms with E-state index in [1.54, 1.807) is 7.05 Å². The van der Waals surface area contributed by atoms with E-state index in [0.29, 0.717) is 29.7 Å². The van der Waals surface area contributed by atoms with E-state index in [0.717, 1.165) is 22.7 Å². The third kappa shape index (κ3) is 5.91. The van der Waals surface area contributed by atoms with Crippen molar-refractivity contribution in [2.24, 2.45) is 7.05 Å². The monoisotopic (exact) mass is 618 g/mol. The van der Waals surface area contributed by atoms with Gasteiger partial charge in [-0.15, -0.1) is 0 Å². The van der Waals surface area contributed by atoms with Gasteiger partial charge in [-0.1, -0.05) is 18.2 Å². The fourth-order valence-corrected chi connectivity index (χ4v) is 5.89. The molecular formula is C30H30F4N4O6. The second-order valence-electron chi connectivity index (χ2n) is 11.0. The molecule has 44 heavy (non-hydrogen) atoms. The van der Waals surface area contributed by atoms with E-state index >= 15 is 4.39 Å². The van der Waals surface area contributed by atoms with Crippen LogP contribution in [0.2, 0.25) is 0 Å². The SMILES string of the molecule is Cc1cc([C@H]2OCCNC2C(F)(F)F)cc(F)c1C(=O)NC(Cc1ccc(-n2c(=O)c3c(n(C)c2=O)CCC3)cc1)C(=O)O. The van der Waals surface area contributed by atoms with Gasteiger partial charge in [0.15, 0.2) is 0 Å². The first-order valence-corrected chi connectivity index (χ1v) is 14.0. The molecule has 10 nitrogen and oxygen atoms in total. The van der Waals surface area contributed by atoms with Crippen LogP contribution in [0.15, 0.2) is 46.0 Å². The lowest BCUT2D eigenvalue weighted by atomic mass is 9.95. The molecule has 1 aliphatic carbocycles. The van der Waals surface area contributed by atoms with Gasteiger partial charge in [-0.25, -0.2) is 18.5 Å². The van der Waals surface area contributed by atoms with Gasteiger partial charge in [-0.2, -0.15) is 13.2 Å². The number of fused-ring (bicyclic) bond motifs is 1. The van der Waals surface area contributed by atoms with Gasteiger partial charge in [0.1, 0.15) is 24.0 Å². The minimum absolute atomic E-state index is 0.00228. The van der Waals surface area contributed by atoms with E-state index in [-0.39, 0.29) is 30.7 Å². The Bertz CT molecular complexity index is 1710. The number of nitrogens with zero attached hydrogens (tertiary/aromatic N) is 2. The summed E-state index contributed by atoms with van der Waals surface area (Å²) in [5.74, 6) is -3.59. The number of hydrogen-bond acceptors (Lipinski definition) is 6. The van der Waals surface area contributed by atoms with E-state index in [1.807, 2.05) is 0 Å². The summed E-state index contributed by atoms with van der Waals surface area (Å²) in [5.41, 5.74) is 0.543. The lowest BCUT2D eigenvalue weighted by molar-refractivity contribution is -0.197. The van der Waals surface area contributed by atoms with Crippen LogP contribution in [-0.4, -0.2) is 57.5 Å². The number of carbonyl (C=O) groups excluding carboxylic acids is 1. The minimum Gasteiger partial charge on any atom is -0.480 e. The van der Waals surface area contributed by atoms with Gasteiger partial charge in [0, 0.05) is 31.3 Å². The van der Waals surface area contributed by atoms with Crippen molar-refractivity contribution in [2.75, 3.05) is 13.2 Å². The molecule has 2 aromatic carbocycles. The predicted octanol–water partition coefficient (Wildman–Crippen LogP) is 2.49. The highest BCUT2D eigenvalue weighted by molar-refractivity contribution is 5.98. The Kier molecular flexibility index (Phi) is 8.49. The Hall–Kier alpha value is -4.30. The van der Waals surface area contributed by atoms with Crippen LogP contribution >= 0.6 is 0 Å². The molecule has 0 radical (unpaired) electrons. The van der Waals surface area contributed by atoms with Crippen molar-refractivity contribution in [2.45, 2.75) is 57.0 Å². The minimum atomic E-state index is -4.66. The zero-order chi connectivity index (χ0) is 31.9. The summed E-state index contributed by atoms with van der Waals surface area (Å²) in [5, 5.41) is 14.4. The van der Waals surface area contributed by atoms with Gasteiger partial charge < -0.3 is 25.0 Å². The van der Waals surface area contributed by atoms with Crippen molar-refractivity contribution < 1.29 is 37.0 Å². The third-order valence-electron chi connectivity index (χ3n) is 8.06. The Labute approximate surface area is 248 Å². The maximum Gasteiger partial charge on any atom is 0.406 e. The van der Waals surface area contributed by atoms with Gasteiger partial charge in [0.05, 0.1) is 17.9 Å². The number of nitrogens with one attached hydrogen (secondary N) is 2. The molecule has 1 saturated heterocycles. The number of benzene rings is 2. The summed E-state index contributed by atoms with van der Waals surface area (Å²) in [6, 6.07) is 4.48. The van der Waals surface area contributed by atoms with E-state index in [4.69, 9.17) is 4.74 Å². The van der Waals surface area contributed by atoms with E-state index < -0.39 is 58.9 Å². The number of ether oxygens (including phenoxy) is 1. The number of aryl methyl sites for hydroxylation is 1. The normalized spacial score (nSPS) is 19.0. The number of aliphatic carboxylic acids is 1. The van der Waals surface area contributed by atoms with Gasteiger partial charge in [-0.05, 0) is 61.1 Å². The summed E-state index contributed by atoms with van der Waals surface area (Å²) in [4.78, 5) is 51.0. The van der Waals surface area contributed by atoms with Crippen molar-refractivity contribution in [1.29, 1.82) is 0 Å². The number of hydrogen-bond donors (Lipinski definition) is 3. The Morgan fingerprint density at radius 2 is 1.86 bits per heavy atom. The molecule has 14 heteroatoms. The molecule has 1 amide bonds. The summed E-state index contributed by atoms with van der Waals surface area (Å²) in [7, 11) is 1.61. The fourth-order valence-electron chi connectivity index (χ4n) is 5.89. The second kappa shape index (κ2) is 12.0. The number of carboxylic acids is 1. The molecule has 0 bridgehead atoms. The first kappa shape index (κ1) is 31.1. The third-order valence-corrected chi connectivity index (χ3v) is 8.06. The van der Waals surface area contributed by atoms with Crippen molar-refractivity contribution in [3.63, 3.8) is 0 Å². The highest BCUT2D eigenvalue weighted by Crippen LogP contribution is 2.35. The highest BCUT2D eigenvalue weighted by Gasteiger charge is 2.47. The number of amides is 1. The van der Waals surface area contributed by atoms with Crippen LogP contribution in [0.1, 0.15) is 50.8 Å². The Morgan fingerprint density at radius 3 is 2.50 bits per heavy atom. The zero-order valence-electron chi connectivity index (χ0n) is 23.8. The molecule has 5 rings (SSSR count). The second-order valence-corrected chi connectivity index (χ2v) is 11.0. The summed E-state index contributed by atoms with van der Waals surface area (Å²) in [6.45, 7) is 1.27. The molecule has 1 aliphatic heterocycles. The number of morpholine rings is 1. The number of alkyl halides is 3. The molecule has 1 fully saturated rings. The number of aromatic nitrogens is 2. The first-order valence-electron chi connectivity index (χ1n) is 14.0. The van der Waals surface area contributed by atoms with Crippen LogP contribution in [0.3, 0.4) is 0 Å². The lowest BCUT2D eigenvalue weighted by Gasteiger charge is -2.34. The average molecular weight is 619 g/mol. The number of rotatable bonds is 7. The van der Waals surface area contributed by atoms with Crippen LogP contribution in [0.4, 0.5) is 17.6 Å². The lowest BCUT2D eigenvalue weighted by Crippen LogP contribution is -2.52. The molecule has 0 saturated carbocycles. The van der Waals surface area contributed by atoms with Crippen molar-refractivity contribution >= 4 is 11.9 Å². The van der Waals surface area contributed by atoms with Crippen LogP contribution in [0, 0.1) is 12.7 Å². The maximum absolute atomic E-state index is 15.2. The smallest absolute Gasteiger partial charge is 0.406 e. The highest BCUT2D eigenvalue weighted by atomic mass is 19.4. The topological polar surface area (TPSA) is 132 Å². The summed E-state index contributed by atoms with van der Waals surface area (Å²) < 4.78 is 63.5. The van der Waals surface area contributed by atoms with Crippen molar-refractivity contribution in [3.05, 3.63) is 96.6 Å². The molecule has 234 valence electrons. The number of carbonyl (C=O) groups is 2. The molecule has 1 aromatic heterocycles. The van der Waals surface area contributed by atoms with Crippen LogP contribution in [0.5, 0.6) is 0 Å². The van der Waals surface area contributed by atoms with Gasteiger partial charge >= 0.3 is 17.8 Å². The van der Waals surface area contributed by atoms with E-state index in [1.165, 1.54) is 41.8 Å². The van der Waals surface area contributed by atoms with Crippen molar-refractivity contribution in [1.82, 2.24) is 19.8 Å². The molecule has 3 N–H and O–H groups in total. The molecule has 2 aliphatic rings. The summed E-state index contributed by atoms with van der Waals surface area (Å²) in [6.07, 6.45) is -4.41.